The number of thiazole rings is 1. The van der Waals surface area contributed by atoms with Crippen molar-refractivity contribution in [2.24, 2.45) is 5.92 Å². The Morgan fingerprint density at radius 3 is 3.00 bits per heavy atom. The van der Waals surface area contributed by atoms with Gasteiger partial charge >= 0.3 is 0 Å². The van der Waals surface area contributed by atoms with Crippen molar-refractivity contribution in [3.05, 3.63) is 16.6 Å². The molecular weight excluding hydrogens is 194 g/mol. The standard InChI is InChI=1S/C10H19N3S/c1-9(6-11-2)7-13(3)8-10-12-4-5-14-10/h4-5,9,11H,6-8H2,1-3H3. The van der Waals surface area contributed by atoms with Crippen LogP contribution in [0, 0.1) is 5.92 Å². The zero-order valence-corrected chi connectivity index (χ0v) is 9.97. The predicted molar refractivity (Wildman–Crippen MR) is 61.5 cm³/mol. The lowest BCUT2D eigenvalue weighted by atomic mass is 10.2. The minimum atomic E-state index is 0.685. The highest BCUT2D eigenvalue weighted by Crippen LogP contribution is 2.08. The molecule has 0 saturated carbocycles. The number of nitrogens with one attached hydrogen (secondary N) is 1. The van der Waals surface area contributed by atoms with Crippen molar-refractivity contribution in [2.75, 3.05) is 27.2 Å². The summed E-state index contributed by atoms with van der Waals surface area (Å²) in [4.78, 5) is 6.59. The van der Waals surface area contributed by atoms with E-state index in [0.717, 1.165) is 19.6 Å². The van der Waals surface area contributed by atoms with E-state index < -0.39 is 0 Å². The van der Waals surface area contributed by atoms with E-state index in [1.807, 2.05) is 18.6 Å². The Hall–Kier alpha value is -0.450. The van der Waals surface area contributed by atoms with E-state index in [2.05, 4.69) is 29.2 Å². The predicted octanol–water partition coefficient (Wildman–Crippen LogP) is 1.43. The molecule has 1 aromatic heterocycles. The Kier molecular flexibility index (Phi) is 5.07. The second-order valence-electron chi connectivity index (χ2n) is 3.79. The molecule has 4 heteroatoms. The summed E-state index contributed by atoms with van der Waals surface area (Å²) in [6.45, 7) is 5.41. The molecule has 0 aromatic carbocycles. The smallest absolute Gasteiger partial charge is 0.107 e. The quantitative estimate of drug-likeness (QED) is 0.775. The van der Waals surface area contributed by atoms with Crippen LogP contribution in [0.1, 0.15) is 11.9 Å². The van der Waals surface area contributed by atoms with Crippen LogP contribution in [0.4, 0.5) is 0 Å². The van der Waals surface area contributed by atoms with E-state index >= 15 is 0 Å². The van der Waals surface area contributed by atoms with Gasteiger partial charge in [-0.15, -0.1) is 11.3 Å². The number of rotatable bonds is 6. The fourth-order valence-electron chi connectivity index (χ4n) is 1.57. The number of hydrogen-bond donors (Lipinski definition) is 1. The van der Waals surface area contributed by atoms with Crippen molar-refractivity contribution in [3.8, 4) is 0 Å². The van der Waals surface area contributed by atoms with Crippen LogP contribution >= 0.6 is 11.3 Å². The van der Waals surface area contributed by atoms with E-state index in [-0.39, 0.29) is 0 Å². The van der Waals surface area contributed by atoms with Crippen molar-refractivity contribution in [3.63, 3.8) is 0 Å². The Labute approximate surface area is 90.2 Å². The maximum absolute atomic E-state index is 4.27. The molecule has 0 fully saturated rings. The Morgan fingerprint density at radius 1 is 1.64 bits per heavy atom. The van der Waals surface area contributed by atoms with Gasteiger partial charge in [0, 0.05) is 18.1 Å². The van der Waals surface area contributed by atoms with E-state index in [1.54, 1.807) is 11.3 Å². The minimum Gasteiger partial charge on any atom is -0.319 e. The van der Waals surface area contributed by atoms with Gasteiger partial charge in [-0.05, 0) is 26.6 Å². The molecule has 1 heterocycles. The van der Waals surface area contributed by atoms with E-state index in [4.69, 9.17) is 0 Å². The minimum absolute atomic E-state index is 0.685. The molecule has 14 heavy (non-hydrogen) atoms. The second-order valence-corrected chi connectivity index (χ2v) is 4.76. The molecule has 1 aromatic rings. The maximum atomic E-state index is 4.27. The summed E-state index contributed by atoms with van der Waals surface area (Å²) in [5.41, 5.74) is 0. The molecule has 0 aliphatic rings. The summed E-state index contributed by atoms with van der Waals surface area (Å²) in [7, 11) is 4.14. The molecule has 0 radical (unpaired) electrons. The van der Waals surface area contributed by atoms with Gasteiger partial charge in [-0.25, -0.2) is 4.98 Å². The average Bonchev–Trinajstić information content (AvgIpc) is 2.56. The zero-order valence-electron chi connectivity index (χ0n) is 9.16. The Bertz CT molecular complexity index is 236. The van der Waals surface area contributed by atoms with Gasteiger partial charge in [-0.3, -0.25) is 4.90 Å². The van der Waals surface area contributed by atoms with Crippen molar-refractivity contribution in [1.29, 1.82) is 0 Å². The first-order valence-electron chi connectivity index (χ1n) is 4.94. The second kappa shape index (κ2) is 6.11. The van der Waals surface area contributed by atoms with Crippen molar-refractivity contribution < 1.29 is 0 Å². The molecule has 0 amide bonds. The van der Waals surface area contributed by atoms with E-state index in [9.17, 15) is 0 Å². The average molecular weight is 213 g/mol. The molecular formula is C10H19N3S. The highest BCUT2D eigenvalue weighted by Gasteiger charge is 2.06. The first-order chi connectivity index (χ1) is 6.72. The van der Waals surface area contributed by atoms with Gasteiger partial charge in [0.1, 0.15) is 5.01 Å². The van der Waals surface area contributed by atoms with E-state index in [0.29, 0.717) is 5.92 Å². The van der Waals surface area contributed by atoms with Gasteiger partial charge < -0.3 is 5.32 Å². The summed E-state index contributed by atoms with van der Waals surface area (Å²) in [5.74, 6) is 0.685. The molecule has 0 spiro atoms. The molecule has 1 N–H and O–H groups in total. The Balaban J connectivity index is 2.25. The topological polar surface area (TPSA) is 28.2 Å². The number of nitrogens with zero attached hydrogens (tertiary/aromatic N) is 2. The highest BCUT2D eigenvalue weighted by atomic mass is 32.1. The van der Waals surface area contributed by atoms with Gasteiger partial charge in [0.15, 0.2) is 0 Å². The maximum Gasteiger partial charge on any atom is 0.107 e. The fraction of sp³-hybridized carbons (Fsp3) is 0.700. The van der Waals surface area contributed by atoms with Gasteiger partial charge in [0.05, 0.1) is 6.54 Å². The Morgan fingerprint density at radius 2 is 2.43 bits per heavy atom. The summed E-state index contributed by atoms with van der Waals surface area (Å²) >= 11 is 1.72. The number of hydrogen-bond acceptors (Lipinski definition) is 4. The highest BCUT2D eigenvalue weighted by molar-refractivity contribution is 7.09. The molecule has 0 saturated heterocycles. The molecule has 1 rings (SSSR count). The van der Waals surface area contributed by atoms with Crippen LogP contribution in [-0.2, 0) is 6.54 Å². The third-order valence-electron chi connectivity index (χ3n) is 2.06. The SMILES string of the molecule is CNCC(C)CN(C)Cc1nccs1. The molecule has 1 atom stereocenters. The van der Waals surface area contributed by atoms with Crippen LogP contribution in [0.15, 0.2) is 11.6 Å². The lowest BCUT2D eigenvalue weighted by molar-refractivity contribution is 0.276. The molecule has 0 aliphatic heterocycles. The normalized spacial score (nSPS) is 13.4. The molecule has 0 aliphatic carbocycles. The summed E-state index contributed by atoms with van der Waals surface area (Å²) in [5, 5.41) is 6.42. The monoisotopic (exact) mass is 213 g/mol. The van der Waals surface area contributed by atoms with Crippen LogP contribution in [0.2, 0.25) is 0 Å². The molecule has 80 valence electrons. The van der Waals surface area contributed by atoms with Gasteiger partial charge in [-0.2, -0.15) is 0 Å². The third-order valence-corrected chi connectivity index (χ3v) is 2.83. The summed E-state index contributed by atoms with van der Waals surface area (Å²) in [6, 6.07) is 0. The summed E-state index contributed by atoms with van der Waals surface area (Å²) in [6.07, 6.45) is 1.87. The van der Waals surface area contributed by atoms with Gasteiger partial charge in [0.2, 0.25) is 0 Å². The number of aromatic nitrogens is 1. The lowest BCUT2D eigenvalue weighted by Crippen LogP contribution is -2.29. The van der Waals surface area contributed by atoms with Crippen LogP contribution < -0.4 is 5.32 Å². The molecule has 0 bridgehead atoms. The van der Waals surface area contributed by atoms with Gasteiger partial charge in [0.25, 0.3) is 0 Å². The van der Waals surface area contributed by atoms with Gasteiger partial charge in [-0.1, -0.05) is 6.92 Å². The fourth-order valence-corrected chi connectivity index (χ4v) is 2.27. The first-order valence-corrected chi connectivity index (χ1v) is 5.82. The lowest BCUT2D eigenvalue weighted by Gasteiger charge is -2.19. The van der Waals surface area contributed by atoms with Crippen molar-refractivity contribution in [2.45, 2.75) is 13.5 Å². The molecule has 3 nitrogen and oxygen atoms in total. The third kappa shape index (κ3) is 4.17. The van der Waals surface area contributed by atoms with E-state index in [1.165, 1.54) is 5.01 Å². The first kappa shape index (κ1) is 11.6. The van der Waals surface area contributed by atoms with Crippen LogP contribution in [-0.4, -0.2) is 37.1 Å². The van der Waals surface area contributed by atoms with Crippen molar-refractivity contribution >= 4 is 11.3 Å². The van der Waals surface area contributed by atoms with Crippen LogP contribution in [0.3, 0.4) is 0 Å². The largest absolute Gasteiger partial charge is 0.319 e. The van der Waals surface area contributed by atoms with Crippen molar-refractivity contribution in [1.82, 2.24) is 15.2 Å². The van der Waals surface area contributed by atoms with Crippen LogP contribution in [0.25, 0.3) is 0 Å². The summed E-state index contributed by atoms with van der Waals surface area (Å²) < 4.78 is 0. The molecule has 1 unspecified atom stereocenters. The van der Waals surface area contributed by atoms with Crippen LogP contribution in [0.5, 0.6) is 0 Å². The zero-order chi connectivity index (χ0) is 10.4.